The molecular formula is C18H16BN4-. The van der Waals surface area contributed by atoms with E-state index in [0.29, 0.717) is 0 Å². The Morgan fingerprint density at radius 3 is 1.35 bits per heavy atom. The first-order valence-electron chi connectivity index (χ1n) is 7.68. The van der Waals surface area contributed by atoms with Gasteiger partial charge in [-0.1, -0.05) is 60.7 Å². The first-order valence-corrected chi connectivity index (χ1v) is 7.68. The van der Waals surface area contributed by atoms with Gasteiger partial charge in [0.1, 0.15) is 0 Å². The Balaban J connectivity index is 2.11. The van der Waals surface area contributed by atoms with Crippen LogP contribution in [-0.2, 0) is 0 Å². The van der Waals surface area contributed by atoms with Crippen LogP contribution in [0, 0.1) is 0 Å². The molecule has 4 aromatic rings. The van der Waals surface area contributed by atoms with Gasteiger partial charge in [0.2, 0.25) is 0 Å². The molecule has 5 heteroatoms. The molecule has 23 heavy (non-hydrogen) atoms. The molecule has 0 saturated heterocycles. The Morgan fingerprint density at radius 2 is 1.00 bits per heavy atom. The van der Waals surface area contributed by atoms with Gasteiger partial charge >= 0.3 is 0 Å². The summed E-state index contributed by atoms with van der Waals surface area (Å²) in [5, 5.41) is 9.16. The maximum Gasteiger partial charge on any atom is 0.278 e. The lowest BCUT2D eigenvalue weighted by Gasteiger charge is -2.43. The van der Waals surface area contributed by atoms with Crippen LogP contribution in [-0.4, -0.2) is 25.8 Å². The average Bonchev–Trinajstić information content (AvgIpc) is 3.32. The molecule has 0 amide bonds. The second-order valence-corrected chi connectivity index (χ2v) is 5.57. The minimum Gasteiger partial charge on any atom is -0.413 e. The lowest BCUT2D eigenvalue weighted by Crippen LogP contribution is -2.70. The van der Waals surface area contributed by atoms with Crippen molar-refractivity contribution in [3.63, 3.8) is 0 Å². The van der Waals surface area contributed by atoms with E-state index >= 15 is 0 Å². The largest absolute Gasteiger partial charge is 0.413 e. The Hall–Kier alpha value is -3.08. The van der Waals surface area contributed by atoms with Crippen molar-refractivity contribution >= 4 is 17.3 Å². The van der Waals surface area contributed by atoms with Crippen LogP contribution < -0.4 is 10.9 Å². The van der Waals surface area contributed by atoms with Crippen molar-refractivity contribution in [2.75, 3.05) is 0 Å². The summed E-state index contributed by atoms with van der Waals surface area (Å²) in [5.41, 5.74) is 2.32. The number of rotatable bonds is 4. The molecule has 112 valence electrons. The SMILES string of the molecule is c1ccc([B-](c2ccccc2)(n2cccn2)n2cccn2)cc1. The number of aromatic nitrogens is 4. The van der Waals surface area contributed by atoms with Crippen molar-refractivity contribution in [1.29, 1.82) is 0 Å². The van der Waals surface area contributed by atoms with Crippen LogP contribution in [0.1, 0.15) is 0 Å². The highest BCUT2D eigenvalue weighted by atomic mass is 15.4. The molecule has 2 heterocycles. The first kappa shape index (κ1) is 13.6. The van der Waals surface area contributed by atoms with Crippen LogP contribution in [0.4, 0.5) is 0 Å². The molecule has 0 radical (unpaired) electrons. The number of benzene rings is 2. The fourth-order valence-electron chi connectivity index (χ4n) is 3.37. The van der Waals surface area contributed by atoms with Crippen molar-refractivity contribution < 1.29 is 0 Å². The van der Waals surface area contributed by atoms with Crippen LogP contribution in [0.3, 0.4) is 0 Å². The maximum atomic E-state index is 4.58. The predicted molar refractivity (Wildman–Crippen MR) is 93.2 cm³/mol. The van der Waals surface area contributed by atoms with E-state index in [2.05, 4.69) is 58.7 Å². The van der Waals surface area contributed by atoms with E-state index in [-0.39, 0.29) is 0 Å². The lowest BCUT2D eigenvalue weighted by atomic mass is 9.37. The summed E-state index contributed by atoms with van der Waals surface area (Å²) >= 11 is 0. The summed E-state index contributed by atoms with van der Waals surface area (Å²) in [6.45, 7) is 0. The summed E-state index contributed by atoms with van der Waals surface area (Å²) < 4.78 is 4.02. The Kier molecular flexibility index (Phi) is 3.31. The van der Waals surface area contributed by atoms with E-state index in [0.717, 1.165) is 10.9 Å². The normalized spacial score (nSPS) is 11.5. The number of nitrogens with zero attached hydrogens (tertiary/aromatic N) is 4. The van der Waals surface area contributed by atoms with Gasteiger partial charge in [-0.25, -0.2) is 10.2 Å². The topological polar surface area (TPSA) is 35.6 Å². The molecule has 0 aliphatic heterocycles. The summed E-state index contributed by atoms with van der Waals surface area (Å²) in [6.07, 6.45) is 6.10. The lowest BCUT2D eigenvalue weighted by molar-refractivity contribution is 0.843. The molecule has 0 aliphatic rings. The molecule has 0 atom stereocenters. The molecule has 2 aromatic carbocycles. The van der Waals surface area contributed by atoms with Gasteiger partial charge in [-0.15, -0.1) is 0 Å². The molecule has 0 aliphatic carbocycles. The van der Waals surface area contributed by atoms with E-state index in [4.69, 9.17) is 0 Å². The average molecular weight is 299 g/mol. The standard InChI is InChI=1S/C18H16BN4/c1-3-9-17(10-4-1)19(22-15-7-13-20-22,23-16-8-14-21-23)18-11-5-2-6-12-18/h1-16H/q-1. The molecular weight excluding hydrogens is 283 g/mol. The molecule has 0 fully saturated rings. The highest BCUT2D eigenvalue weighted by molar-refractivity contribution is 6.99. The molecule has 0 N–H and O–H groups in total. The molecule has 4 nitrogen and oxygen atoms in total. The third-order valence-electron chi connectivity index (χ3n) is 4.34. The molecule has 4 rings (SSSR count). The molecule has 0 unspecified atom stereocenters. The Bertz CT molecular complexity index is 780. The van der Waals surface area contributed by atoms with Crippen molar-refractivity contribution in [2.24, 2.45) is 0 Å². The minimum atomic E-state index is -1.52. The fourth-order valence-corrected chi connectivity index (χ4v) is 3.37. The molecule has 2 aromatic heterocycles. The zero-order valence-electron chi connectivity index (χ0n) is 12.6. The molecule has 0 spiro atoms. The van der Waals surface area contributed by atoms with Crippen LogP contribution in [0.2, 0.25) is 0 Å². The van der Waals surface area contributed by atoms with E-state index in [1.165, 1.54) is 0 Å². The number of hydrogen-bond donors (Lipinski definition) is 0. The van der Waals surface area contributed by atoms with Gasteiger partial charge in [0, 0.05) is 12.4 Å². The van der Waals surface area contributed by atoms with Crippen molar-refractivity contribution in [2.45, 2.75) is 0 Å². The van der Waals surface area contributed by atoms with Crippen LogP contribution in [0.25, 0.3) is 0 Å². The fraction of sp³-hybridized carbons (Fsp3) is 0. The highest BCUT2D eigenvalue weighted by Crippen LogP contribution is 2.11. The summed E-state index contributed by atoms with van der Waals surface area (Å²) in [6, 6.07) is 24.7. The quantitative estimate of drug-likeness (QED) is 0.538. The van der Waals surface area contributed by atoms with Gasteiger partial charge < -0.3 is 9.19 Å². The van der Waals surface area contributed by atoms with Crippen molar-refractivity contribution in [3.05, 3.63) is 97.6 Å². The summed E-state index contributed by atoms with van der Waals surface area (Å²) in [5.74, 6) is 0. The van der Waals surface area contributed by atoms with Crippen molar-refractivity contribution in [3.8, 4) is 0 Å². The summed E-state index contributed by atoms with van der Waals surface area (Å²) in [7, 11) is 0. The maximum absolute atomic E-state index is 4.58. The predicted octanol–water partition coefficient (Wildman–Crippen LogP) is 1.73. The smallest absolute Gasteiger partial charge is 0.278 e. The molecule has 0 bridgehead atoms. The number of hydrogen-bond acceptors (Lipinski definition) is 2. The monoisotopic (exact) mass is 299 g/mol. The van der Waals surface area contributed by atoms with E-state index in [1.54, 1.807) is 0 Å². The van der Waals surface area contributed by atoms with Gasteiger partial charge in [-0.05, 0) is 24.5 Å². The van der Waals surface area contributed by atoms with Crippen LogP contribution in [0.5, 0.6) is 0 Å². The van der Waals surface area contributed by atoms with Gasteiger partial charge in [0.15, 0.2) is 0 Å². The zero-order chi connectivity index (χ0) is 15.5. The van der Waals surface area contributed by atoms with E-state index in [9.17, 15) is 0 Å². The van der Waals surface area contributed by atoms with Gasteiger partial charge in [-0.2, -0.15) is 10.9 Å². The third kappa shape index (κ3) is 2.09. The zero-order valence-corrected chi connectivity index (χ0v) is 12.6. The van der Waals surface area contributed by atoms with Crippen molar-refractivity contribution in [1.82, 2.24) is 19.4 Å². The van der Waals surface area contributed by atoms with Gasteiger partial charge in [0.05, 0.1) is 0 Å². The van der Waals surface area contributed by atoms with Gasteiger partial charge in [0.25, 0.3) is 6.42 Å². The molecule has 0 saturated carbocycles. The second kappa shape index (κ2) is 5.61. The Morgan fingerprint density at radius 1 is 0.565 bits per heavy atom. The van der Waals surface area contributed by atoms with Crippen LogP contribution in [0.15, 0.2) is 97.6 Å². The van der Waals surface area contributed by atoms with E-state index in [1.807, 2.05) is 58.2 Å². The van der Waals surface area contributed by atoms with Crippen LogP contribution >= 0.6 is 0 Å². The first-order chi connectivity index (χ1) is 11.4. The Labute approximate surface area is 135 Å². The minimum absolute atomic E-state index is 1.16. The third-order valence-corrected chi connectivity index (χ3v) is 4.34. The van der Waals surface area contributed by atoms with E-state index < -0.39 is 6.42 Å². The highest BCUT2D eigenvalue weighted by Gasteiger charge is 2.34. The van der Waals surface area contributed by atoms with Gasteiger partial charge in [-0.3, -0.25) is 0 Å². The second-order valence-electron chi connectivity index (χ2n) is 5.57. The summed E-state index contributed by atoms with van der Waals surface area (Å²) in [4.78, 5) is 0.